The Bertz CT molecular complexity index is 247. The maximum atomic E-state index is 10.4. The number of allylic oxidation sites excluding steroid dienone is 1. The van der Waals surface area contributed by atoms with E-state index in [-0.39, 0.29) is 0 Å². The molecule has 0 aromatic heterocycles. The molecule has 0 radical (unpaired) electrons. The minimum Gasteiger partial charge on any atom is -0.296 e. The first-order valence-corrected chi connectivity index (χ1v) is 4.02. The van der Waals surface area contributed by atoms with Gasteiger partial charge in [0, 0.05) is 25.5 Å². The minimum absolute atomic E-state index is 0.451. The number of hydrazine groups is 1. The molecule has 1 aliphatic rings. The fraction of sp³-hybridized carbons (Fsp3) is 0.375. The van der Waals surface area contributed by atoms with Crippen molar-refractivity contribution in [2.75, 3.05) is 13.6 Å². The third kappa shape index (κ3) is 2.27. The van der Waals surface area contributed by atoms with Gasteiger partial charge < -0.3 is 0 Å². The normalized spacial score (nSPS) is 17.4. The molecular weight excluding hydrogens is 176 g/mol. The summed E-state index contributed by atoms with van der Waals surface area (Å²) in [4.78, 5) is 10.4. The third-order valence-corrected chi connectivity index (χ3v) is 1.73. The van der Waals surface area contributed by atoms with E-state index < -0.39 is 5.24 Å². The molecule has 1 heterocycles. The molecule has 1 rings (SSSR count). The smallest absolute Gasteiger partial charge is 0.246 e. The Balaban J connectivity index is 2.52. The van der Waals surface area contributed by atoms with Crippen molar-refractivity contribution in [2.24, 2.45) is 0 Å². The van der Waals surface area contributed by atoms with E-state index >= 15 is 0 Å². The van der Waals surface area contributed by atoms with Gasteiger partial charge in [0.05, 0.1) is 6.54 Å². The molecule has 0 aromatic rings. The fourth-order valence-electron chi connectivity index (χ4n) is 1.10. The number of hydrogen-bond donors (Lipinski definition) is 0. The van der Waals surface area contributed by atoms with Gasteiger partial charge in [-0.25, -0.2) is 0 Å². The van der Waals surface area contributed by atoms with Gasteiger partial charge in [-0.3, -0.25) is 14.8 Å². The van der Waals surface area contributed by atoms with Crippen molar-refractivity contribution in [2.45, 2.75) is 6.92 Å². The highest BCUT2D eigenvalue weighted by Crippen LogP contribution is 2.12. The average Bonchev–Trinajstić information content (AvgIpc) is 2.26. The van der Waals surface area contributed by atoms with Crippen molar-refractivity contribution in [1.29, 1.82) is 0 Å². The van der Waals surface area contributed by atoms with Gasteiger partial charge in [0.2, 0.25) is 5.24 Å². The number of nitrogens with zero attached hydrogens (tertiary/aromatic N) is 2. The van der Waals surface area contributed by atoms with Crippen molar-refractivity contribution in [3.05, 3.63) is 24.0 Å². The van der Waals surface area contributed by atoms with Crippen LogP contribution >= 0.6 is 11.6 Å². The van der Waals surface area contributed by atoms with Crippen molar-refractivity contribution in [1.82, 2.24) is 10.0 Å². The van der Waals surface area contributed by atoms with Crippen LogP contribution < -0.4 is 0 Å². The number of carbonyl (C=O) groups excluding carboxylic acids is 1. The molecule has 1 aliphatic heterocycles. The van der Waals surface area contributed by atoms with Crippen LogP contribution in [0.1, 0.15) is 6.92 Å². The first kappa shape index (κ1) is 9.13. The third-order valence-electron chi connectivity index (χ3n) is 1.60. The molecule has 0 amide bonds. The van der Waals surface area contributed by atoms with Crippen LogP contribution in [0.25, 0.3) is 0 Å². The zero-order valence-corrected chi connectivity index (χ0v) is 7.88. The van der Waals surface area contributed by atoms with Gasteiger partial charge in [-0.2, -0.15) is 0 Å². The Kier molecular flexibility index (Phi) is 2.76. The summed E-state index contributed by atoms with van der Waals surface area (Å²) in [6.07, 6.45) is 5.01. The summed E-state index contributed by atoms with van der Waals surface area (Å²) >= 11 is 5.15. The number of halogens is 1. The first-order valence-electron chi connectivity index (χ1n) is 3.64. The zero-order chi connectivity index (χ0) is 9.14. The molecule has 12 heavy (non-hydrogen) atoms. The summed E-state index contributed by atoms with van der Waals surface area (Å²) < 4.78 is 0. The Morgan fingerprint density at radius 2 is 2.42 bits per heavy atom. The highest BCUT2D eigenvalue weighted by molar-refractivity contribution is 6.66. The van der Waals surface area contributed by atoms with E-state index in [1.165, 1.54) is 11.6 Å². The van der Waals surface area contributed by atoms with Crippen LogP contribution in [-0.2, 0) is 4.79 Å². The first-order chi connectivity index (χ1) is 5.59. The molecule has 0 aromatic carbocycles. The molecule has 0 atom stereocenters. The van der Waals surface area contributed by atoms with E-state index in [0.29, 0.717) is 0 Å². The summed E-state index contributed by atoms with van der Waals surface area (Å²) in [6.45, 7) is 2.85. The molecular formula is C8H11ClN2O. The van der Waals surface area contributed by atoms with E-state index in [9.17, 15) is 4.79 Å². The van der Waals surface area contributed by atoms with Gasteiger partial charge in [0.1, 0.15) is 0 Å². The largest absolute Gasteiger partial charge is 0.296 e. The van der Waals surface area contributed by atoms with Crippen LogP contribution in [0.3, 0.4) is 0 Å². The Morgan fingerprint density at radius 3 is 2.83 bits per heavy atom. The predicted octanol–water partition coefficient (Wildman–Crippen LogP) is 1.33. The average molecular weight is 187 g/mol. The zero-order valence-electron chi connectivity index (χ0n) is 7.12. The highest BCUT2D eigenvalue weighted by atomic mass is 35.5. The van der Waals surface area contributed by atoms with Crippen LogP contribution in [-0.4, -0.2) is 28.9 Å². The highest BCUT2D eigenvalue weighted by Gasteiger charge is 2.11. The van der Waals surface area contributed by atoms with Gasteiger partial charge in [-0.15, -0.1) is 0 Å². The van der Waals surface area contributed by atoms with Crippen LogP contribution in [0, 0.1) is 0 Å². The van der Waals surface area contributed by atoms with Gasteiger partial charge >= 0.3 is 0 Å². The summed E-state index contributed by atoms with van der Waals surface area (Å²) in [7, 11) is 1.92. The molecule has 0 fully saturated rings. The Labute approximate surface area is 76.9 Å². The molecule has 66 valence electrons. The maximum Gasteiger partial charge on any atom is 0.246 e. The fourth-order valence-corrected chi connectivity index (χ4v) is 1.16. The summed E-state index contributed by atoms with van der Waals surface area (Å²) in [5, 5.41) is 3.36. The predicted molar refractivity (Wildman–Crippen MR) is 48.2 cm³/mol. The summed E-state index contributed by atoms with van der Waals surface area (Å²) in [6, 6.07) is 0. The van der Waals surface area contributed by atoms with Crippen molar-refractivity contribution < 1.29 is 4.79 Å². The second-order valence-corrected chi connectivity index (χ2v) is 3.14. The molecule has 0 unspecified atom stereocenters. The molecule has 4 heteroatoms. The SMILES string of the molecule is CC1=CN(C)N(C=CC(=O)Cl)C1. The van der Waals surface area contributed by atoms with Crippen molar-refractivity contribution >= 4 is 16.8 Å². The van der Waals surface area contributed by atoms with Crippen LogP contribution in [0.2, 0.25) is 0 Å². The standard InChI is InChI=1S/C8H11ClN2O/c1-7-5-10(2)11(6-7)4-3-8(9)12/h3-5H,6H2,1-2H3. The minimum atomic E-state index is -0.451. The number of rotatable bonds is 2. The lowest BCUT2D eigenvalue weighted by Gasteiger charge is -2.22. The van der Waals surface area contributed by atoms with Crippen molar-refractivity contribution in [3.8, 4) is 0 Å². The lowest BCUT2D eigenvalue weighted by Crippen LogP contribution is -2.26. The van der Waals surface area contributed by atoms with Crippen LogP contribution in [0.4, 0.5) is 0 Å². The Morgan fingerprint density at radius 1 is 1.75 bits per heavy atom. The van der Waals surface area contributed by atoms with Gasteiger partial charge in [-0.05, 0) is 24.1 Å². The molecule has 0 saturated heterocycles. The monoisotopic (exact) mass is 186 g/mol. The van der Waals surface area contributed by atoms with Gasteiger partial charge in [0.25, 0.3) is 0 Å². The molecule has 0 bridgehead atoms. The number of carbonyl (C=O) groups is 1. The lowest BCUT2D eigenvalue weighted by atomic mass is 10.3. The summed E-state index contributed by atoms with van der Waals surface area (Å²) in [5.74, 6) is 0. The summed E-state index contributed by atoms with van der Waals surface area (Å²) in [5.41, 5.74) is 1.25. The lowest BCUT2D eigenvalue weighted by molar-refractivity contribution is -0.107. The molecule has 0 N–H and O–H groups in total. The second-order valence-electron chi connectivity index (χ2n) is 2.77. The molecule has 0 saturated carbocycles. The van der Waals surface area contributed by atoms with E-state index in [2.05, 4.69) is 0 Å². The van der Waals surface area contributed by atoms with Crippen LogP contribution in [0.15, 0.2) is 24.0 Å². The quantitative estimate of drug-likeness (QED) is 0.480. The molecule has 0 aliphatic carbocycles. The second kappa shape index (κ2) is 3.63. The van der Waals surface area contributed by atoms with E-state index in [1.807, 2.05) is 30.2 Å². The van der Waals surface area contributed by atoms with Crippen molar-refractivity contribution in [3.63, 3.8) is 0 Å². The Hall–Kier alpha value is -0.960. The van der Waals surface area contributed by atoms with E-state index in [0.717, 1.165) is 6.54 Å². The van der Waals surface area contributed by atoms with Gasteiger partial charge in [0.15, 0.2) is 0 Å². The van der Waals surface area contributed by atoms with E-state index in [1.54, 1.807) is 6.20 Å². The van der Waals surface area contributed by atoms with Gasteiger partial charge in [-0.1, -0.05) is 0 Å². The topological polar surface area (TPSA) is 23.6 Å². The molecule has 3 nitrogen and oxygen atoms in total. The molecule has 0 spiro atoms. The maximum absolute atomic E-state index is 10.4. The number of hydrogen-bond acceptors (Lipinski definition) is 3. The van der Waals surface area contributed by atoms with E-state index in [4.69, 9.17) is 11.6 Å². The van der Waals surface area contributed by atoms with Crippen LogP contribution in [0.5, 0.6) is 0 Å².